The van der Waals surface area contributed by atoms with E-state index in [0.717, 1.165) is 31.9 Å². The minimum absolute atomic E-state index is 0.840. The molecule has 0 spiro atoms. The highest BCUT2D eigenvalue weighted by molar-refractivity contribution is 14.1. The molecule has 74 valence electrons. The number of hydrogen-bond donors (Lipinski definition) is 3. The Morgan fingerprint density at radius 2 is 2.00 bits per heavy atom. The van der Waals surface area contributed by atoms with Crippen molar-refractivity contribution in [2.24, 2.45) is 5.84 Å². The molecule has 0 aromatic rings. The topological polar surface area (TPSA) is 68.4 Å². The zero-order chi connectivity index (χ0) is 9.68. The molecule has 0 bridgehead atoms. The Kier molecular flexibility index (Phi) is 4.46. The number of allylic oxidation sites excluding steroid dienone is 1. The van der Waals surface area contributed by atoms with Gasteiger partial charge in [0.2, 0.25) is 0 Å². The van der Waals surface area contributed by atoms with Gasteiger partial charge in [0, 0.05) is 61.5 Å². The summed E-state index contributed by atoms with van der Waals surface area (Å²) >= 11 is 2.31. The fourth-order valence-electron chi connectivity index (χ4n) is 1.25. The Morgan fingerprint density at radius 3 is 2.46 bits per heavy atom. The van der Waals surface area contributed by atoms with Gasteiger partial charge in [-0.15, -0.1) is 0 Å². The van der Waals surface area contributed by atoms with Crippen molar-refractivity contribution in [1.82, 2.24) is 13.4 Å². The Morgan fingerprint density at radius 1 is 1.38 bits per heavy atom. The molecule has 0 amide bonds. The number of hydrogen-bond acceptors (Lipinski definition) is 5. The van der Waals surface area contributed by atoms with Crippen LogP contribution in [-0.4, -0.2) is 40.4 Å². The summed E-state index contributed by atoms with van der Waals surface area (Å²) in [6.07, 6.45) is 2.97. The van der Waals surface area contributed by atoms with Gasteiger partial charge >= 0.3 is 0 Å². The maximum Gasteiger partial charge on any atom is 0.0719 e. The zero-order valence-electron chi connectivity index (χ0n) is 7.33. The number of nitrogens with zero attached hydrogens (tertiary/aromatic N) is 2. The molecule has 1 saturated heterocycles. The second-order valence-electron chi connectivity index (χ2n) is 2.78. The molecule has 1 rings (SSSR count). The number of nitrogens with one attached hydrogen (secondary N) is 2. The van der Waals surface area contributed by atoms with Crippen LogP contribution in [0.2, 0.25) is 0 Å². The third-order valence-corrected chi connectivity index (χ3v) is 2.93. The first kappa shape index (κ1) is 10.7. The van der Waals surface area contributed by atoms with Crippen LogP contribution in [0.15, 0.2) is 11.9 Å². The fourth-order valence-corrected chi connectivity index (χ4v) is 1.68. The van der Waals surface area contributed by atoms with E-state index in [1.54, 1.807) is 6.20 Å². The molecule has 0 radical (unpaired) electrons. The van der Waals surface area contributed by atoms with Gasteiger partial charge in [0.25, 0.3) is 0 Å². The van der Waals surface area contributed by atoms with Gasteiger partial charge in [0.05, 0.1) is 5.70 Å². The smallest absolute Gasteiger partial charge is 0.0719 e. The molecule has 6 heteroatoms. The lowest BCUT2D eigenvalue weighted by Gasteiger charge is -2.33. The summed E-state index contributed by atoms with van der Waals surface area (Å²) in [5, 5.41) is 7.20. The summed E-state index contributed by atoms with van der Waals surface area (Å²) in [5.74, 6) is 5.17. The van der Waals surface area contributed by atoms with E-state index < -0.39 is 0 Å². The number of halogens is 1. The van der Waals surface area contributed by atoms with Crippen molar-refractivity contribution < 1.29 is 0 Å². The normalized spacial score (nSPS) is 20.2. The van der Waals surface area contributed by atoms with E-state index in [-0.39, 0.29) is 0 Å². The highest BCUT2D eigenvalue weighted by Gasteiger charge is 2.15. The molecular weight excluding hydrogens is 281 g/mol. The van der Waals surface area contributed by atoms with Crippen molar-refractivity contribution in [2.75, 3.05) is 26.2 Å². The van der Waals surface area contributed by atoms with Crippen LogP contribution in [0.4, 0.5) is 0 Å². The number of piperazine rings is 1. The van der Waals surface area contributed by atoms with Crippen LogP contribution in [0.3, 0.4) is 0 Å². The van der Waals surface area contributed by atoms with Crippen LogP contribution < -0.4 is 11.3 Å². The minimum Gasteiger partial charge on any atom is -0.366 e. The lowest BCUT2D eigenvalue weighted by molar-refractivity contribution is 0.262. The molecule has 4 N–H and O–H groups in total. The molecule has 1 heterocycles. The summed E-state index contributed by atoms with van der Waals surface area (Å²) in [4.78, 5) is 2.14. The van der Waals surface area contributed by atoms with Gasteiger partial charge in [-0.2, -0.15) is 0 Å². The second-order valence-corrected chi connectivity index (χ2v) is 4.14. The first-order chi connectivity index (χ1) is 6.27. The maximum atomic E-state index is 7.20. The van der Waals surface area contributed by atoms with Crippen molar-refractivity contribution in [3.05, 3.63) is 11.9 Å². The van der Waals surface area contributed by atoms with Gasteiger partial charge in [-0.25, -0.2) is 3.11 Å². The van der Waals surface area contributed by atoms with Crippen LogP contribution in [0.1, 0.15) is 0 Å². The predicted octanol–water partition coefficient (Wildman–Crippen LogP) is -0.0917. The lowest BCUT2D eigenvalue weighted by atomic mass is 10.3. The van der Waals surface area contributed by atoms with Crippen molar-refractivity contribution in [2.45, 2.75) is 0 Å². The highest BCUT2D eigenvalue weighted by Crippen LogP contribution is 2.09. The molecule has 0 aromatic carbocycles. The lowest BCUT2D eigenvalue weighted by Crippen LogP contribution is -2.42. The molecule has 0 aromatic heterocycles. The largest absolute Gasteiger partial charge is 0.366 e. The summed E-state index contributed by atoms with van der Waals surface area (Å²) < 4.78 is 2.24. The van der Waals surface area contributed by atoms with Crippen molar-refractivity contribution >= 4 is 29.1 Å². The summed E-state index contributed by atoms with van der Waals surface area (Å²) in [6, 6.07) is 0. The van der Waals surface area contributed by atoms with Crippen LogP contribution in [0.5, 0.6) is 0 Å². The van der Waals surface area contributed by atoms with Gasteiger partial charge in [-0.1, -0.05) is 0 Å². The SMILES string of the molecule is N=C/C(=C\NN)N1CCN(I)CC1. The monoisotopic (exact) mass is 295 g/mol. The Hall–Kier alpha value is -0.340. The third-order valence-electron chi connectivity index (χ3n) is 1.97. The van der Waals surface area contributed by atoms with E-state index in [0.29, 0.717) is 0 Å². The molecule has 1 aliphatic rings. The number of hydrazine groups is 1. The summed E-state index contributed by atoms with van der Waals surface area (Å²) in [7, 11) is 0. The molecule has 13 heavy (non-hydrogen) atoms. The average molecular weight is 295 g/mol. The van der Waals surface area contributed by atoms with E-state index in [9.17, 15) is 0 Å². The molecule has 0 atom stereocenters. The van der Waals surface area contributed by atoms with Crippen LogP contribution >= 0.6 is 22.9 Å². The third kappa shape index (κ3) is 3.12. The van der Waals surface area contributed by atoms with E-state index in [4.69, 9.17) is 11.3 Å². The van der Waals surface area contributed by atoms with Gasteiger partial charge in [0.1, 0.15) is 0 Å². The fraction of sp³-hybridized carbons (Fsp3) is 0.571. The zero-order valence-corrected chi connectivity index (χ0v) is 9.49. The van der Waals surface area contributed by atoms with Crippen LogP contribution in [-0.2, 0) is 0 Å². The molecule has 0 saturated carbocycles. The molecule has 0 aliphatic carbocycles. The van der Waals surface area contributed by atoms with E-state index in [1.165, 1.54) is 6.21 Å². The summed E-state index contributed by atoms with van der Waals surface area (Å²) in [6.45, 7) is 3.95. The maximum absolute atomic E-state index is 7.20. The van der Waals surface area contributed by atoms with Crippen molar-refractivity contribution in [3.63, 3.8) is 0 Å². The van der Waals surface area contributed by atoms with Gasteiger partial charge in [-0.3, -0.25) is 5.84 Å². The second kappa shape index (κ2) is 5.40. The molecule has 5 nitrogen and oxygen atoms in total. The first-order valence-electron chi connectivity index (χ1n) is 4.10. The average Bonchev–Trinajstić information content (AvgIpc) is 2.16. The van der Waals surface area contributed by atoms with Crippen LogP contribution in [0.25, 0.3) is 0 Å². The Labute approximate surface area is 91.9 Å². The van der Waals surface area contributed by atoms with Crippen molar-refractivity contribution in [3.8, 4) is 0 Å². The standard InChI is InChI=1S/C7H14IN5/c8-13-3-1-12(2-4-13)7(5-9)6-11-10/h5-6,9,11H,1-4,10H2/b7-6+,9-5?. The molecule has 0 unspecified atom stereocenters. The number of rotatable bonds is 3. The Balaban J connectivity index is 2.51. The summed E-state index contributed by atoms with van der Waals surface area (Å²) in [5.41, 5.74) is 3.30. The van der Waals surface area contributed by atoms with E-state index >= 15 is 0 Å². The molecule has 1 fully saturated rings. The highest BCUT2D eigenvalue weighted by atomic mass is 127. The minimum atomic E-state index is 0.840. The quantitative estimate of drug-likeness (QED) is 0.224. The van der Waals surface area contributed by atoms with E-state index in [1.807, 2.05) is 0 Å². The van der Waals surface area contributed by atoms with Gasteiger partial charge in [-0.05, 0) is 0 Å². The van der Waals surface area contributed by atoms with Crippen LogP contribution in [0, 0.1) is 5.41 Å². The molecular formula is C7H14IN5. The van der Waals surface area contributed by atoms with Crippen molar-refractivity contribution in [1.29, 1.82) is 5.41 Å². The van der Waals surface area contributed by atoms with Gasteiger partial charge in [0.15, 0.2) is 0 Å². The van der Waals surface area contributed by atoms with E-state index in [2.05, 4.69) is 36.3 Å². The number of nitrogens with two attached hydrogens (primary N) is 1. The van der Waals surface area contributed by atoms with Gasteiger partial charge < -0.3 is 15.7 Å². The Bertz CT molecular complexity index is 197. The predicted molar refractivity (Wildman–Crippen MR) is 61.4 cm³/mol. The first-order valence-corrected chi connectivity index (χ1v) is 5.07. The molecule has 1 aliphatic heterocycles.